The number of nitrogens with one attached hydrogen (secondary N) is 1. The van der Waals surface area contributed by atoms with Crippen LogP contribution in [0.1, 0.15) is 34.6 Å². The van der Waals surface area contributed by atoms with Crippen LogP contribution in [-0.4, -0.2) is 11.6 Å². The summed E-state index contributed by atoms with van der Waals surface area (Å²) in [7, 11) is 0. The summed E-state index contributed by atoms with van der Waals surface area (Å²) >= 11 is 7.69. The molecule has 1 amide bonds. The van der Waals surface area contributed by atoms with Gasteiger partial charge in [-0.1, -0.05) is 61.0 Å². The molecule has 0 spiro atoms. The van der Waals surface area contributed by atoms with Gasteiger partial charge in [-0.15, -0.1) is 11.3 Å². The second-order valence-electron chi connectivity index (χ2n) is 5.43. The minimum Gasteiger partial charge on any atom is -0.266 e. The van der Waals surface area contributed by atoms with Crippen molar-refractivity contribution in [2.75, 3.05) is 0 Å². The van der Waals surface area contributed by atoms with Gasteiger partial charge in [0.1, 0.15) is 4.88 Å². The molecule has 5 heteroatoms. The van der Waals surface area contributed by atoms with Crippen molar-refractivity contribution in [1.82, 2.24) is 5.43 Å². The number of rotatable bonds is 4. The molecule has 0 aliphatic heterocycles. The Morgan fingerprint density at radius 3 is 2.54 bits per heavy atom. The van der Waals surface area contributed by atoms with Gasteiger partial charge in [-0.3, -0.25) is 4.79 Å². The molecule has 1 aromatic heterocycles. The maximum Gasteiger partial charge on any atom is 0.283 e. The standard InChI is InChI=1S/C19H17ClN2OS/c1-3-13-8-10-14(11-9-13)12(2)21-22-19(23)18-17(20)15-6-4-5-7-16(15)24-18/h4-11H,3H2,1-2H3,(H,22,23)/b21-12-. The molecule has 0 aliphatic rings. The maximum absolute atomic E-state index is 12.4. The summed E-state index contributed by atoms with van der Waals surface area (Å²) < 4.78 is 0.989. The van der Waals surface area contributed by atoms with Crippen molar-refractivity contribution in [3.63, 3.8) is 0 Å². The van der Waals surface area contributed by atoms with Gasteiger partial charge in [0.05, 0.1) is 10.7 Å². The molecule has 0 saturated heterocycles. The Morgan fingerprint density at radius 2 is 1.88 bits per heavy atom. The van der Waals surface area contributed by atoms with Gasteiger partial charge < -0.3 is 0 Å². The Morgan fingerprint density at radius 1 is 1.17 bits per heavy atom. The van der Waals surface area contributed by atoms with Crippen molar-refractivity contribution in [2.24, 2.45) is 5.10 Å². The van der Waals surface area contributed by atoms with E-state index in [1.165, 1.54) is 16.9 Å². The number of halogens is 1. The fourth-order valence-electron chi connectivity index (χ4n) is 2.39. The smallest absolute Gasteiger partial charge is 0.266 e. The fourth-order valence-corrected chi connectivity index (χ4v) is 3.80. The zero-order valence-corrected chi connectivity index (χ0v) is 15.0. The van der Waals surface area contributed by atoms with Crippen LogP contribution in [0.25, 0.3) is 10.1 Å². The molecule has 0 fully saturated rings. The third-order valence-electron chi connectivity index (χ3n) is 3.85. The number of nitrogens with zero attached hydrogens (tertiary/aromatic N) is 1. The first-order valence-electron chi connectivity index (χ1n) is 7.71. The first-order valence-corrected chi connectivity index (χ1v) is 8.90. The van der Waals surface area contributed by atoms with Gasteiger partial charge in [-0.05, 0) is 30.5 Å². The zero-order valence-electron chi connectivity index (χ0n) is 13.5. The minimum absolute atomic E-state index is 0.286. The first kappa shape index (κ1) is 16.7. The topological polar surface area (TPSA) is 41.5 Å². The molecule has 122 valence electrons. The fraction of sp³-hybridized carbons (Fsp3) is 0.158. The van der Waals surface area contributed by atoms with Gasteiger partial charge in [0, 0.05) is 10.1 Å². The summed E-state index contributed by atoms with van der Waals surface area (Å²) in [6.07, 6.45) is 0.998. The molecule has 2 aromatic carbocycles. The monoisotopic (exact) mass is 356 g/mol. The lowest BCUT2D eigenvalue weighted by Gasteiger charge is -2.03. The van der Waals surface area contributed by atoms with E-state index in [1.54, 1.807) is 0 Å². The van der Waals surface area contributed by atoms with E-state index in [2.05, 4.69) is 29.6 Å². The molecule has 0 saturated carbocycles. The van der Waals surface area contributed by atoms with Crippen LogP contribution in [0.2, 0.25) is 5.02 Å². The summed E-state index contributed by atoms with van der Waals surface area (Å²) in [5.41, 5.74) is 5.61. The number of carbonyl (C=O) groups is 1. The molecule has 0 atom stereocenters. The van der Waals surface area contributed by atoms with Crippen LogP contribution in [-0.2, 0) is 6.42 Å². The molecule has 0 unspecified atom stereocenters. The molecular formula is C19H17ClN2OS. The number of carbonyl (C=O) groups excluding carboxylic acids is 1. The highest BCUT2D eigenvalue weighted by Crippen LogP contribution is 2.34. The zero-order chi connectivity index (χ0) is 17.1. The SMILES string of the molecule is CCc1ccc(/C(C)=N\NC(=O)c2sc3ccccc3c2Cl)cc1. The van der Waals surface area contributed by atoms with Gasteiger partial charge in [-0.25, -0.2) is 5.43 Å². The number of hydrogen-bond acceptors (Lipinski definition) is 3. The Labute approximate surface area is 150 Å². The van der Waals surface area contributed by atoms with Crippen LogP contribution < -0.4 is 5.43 Å². The lowest BCUT2D eigenvalue weighted by atomic mass is 10.1. The average molecular weight is 357 g/mol. The van der Waals surface area contributed by atoms with Crippen LogP contribution in [0.4, 0.5) is 0 Å². The maximum atomic E-state index is 12.4. The van der Waals surface area contributed by atoms with E-state index in [4.69, 9.17) is 11.6 Å². The molecule has 3 aromatic rings. The second-order valence-corrected chi connectivity index (χ2v) is 6.86. The van der Waals surface area contributed by atoms with Crippen LogP contribution in [0.3, 0.4) is 0 Å². The summed E-state index contributed by atoms with van der Waals surface area (Å²) in [4.78, 5) is 12.9. The van der Waals surface area contributed by atoms with Crippen LogP contribution in [0, 0.1) is 0 Å². The molecule has 3 rings (SSSR count). The first-order chi connectivity index (χ1) is 11.6. The lowest BCUT2D eigenvalue weighted by Crippen LogP contribution is -2.18. The minimum atomic E-state index is -0.286. The van der Waals surface area contributed by atoms with E-state index in [0.717, 1.165) is 27.8 Å². The molecule has 3 nitrogen and oxygen atoms in total. The van der Waals surface area contributed by atoms with Gasteiger partial charge >= 0.3 is 0 Å². The van der Waals surface area contributed by atoms with E-state index < -0.39 is 0 Å². The quantitative estimate of drug-likeness (QED) is 0.502. The highest BCUT2D eigenvalue weighted by molar-refractivity contribution is 7.21. The molecule has 0 radical (unpaired) electrons. The third-order valence-corrected chi connectivity index (χ3v) is 5.52. The summed E-state index contributed by atoms with van der Waals surface area (Å²) in [6, 6.07) is 15.9. The molecule has 1 N–H and O–H groups in total. The van der Waals surface area contributed by atoms with Gasteiger partial charge in [0.25, 0.3) is 5.91 Å². The normalized spacial score (nSPS) is 11.7. The predicted octanol–water partition coefficient (Wildman–Crippen LogP) is 5.27. The van der Waals surface area contributed by atoms with Gasteiger partial charge in [0.2, 0.25) is 0 Å². The third kappa shape index (κ3) is 3.35. The number of thiophene rings is 1. The number of amides is 1. The molecule has 24 heavy (non-hydrogen) atoms. The van der Waals surface area contributed by atoms with Crippen molar-refractivity contribution >= 4 is 44.6 Å². The van der Waals surface area contributed by atoms with E-state index in [-0.39, 0.29) is 5.91 Å². The van der Waals surface area contributed by atoms with Crippen LogP contribution in [0.15, 0.2) is 53.6 Å². The Hall–Kier alpha value is -2.17. The molecular weight excluding hydrogens is 340 g/mol. The van der Waals surface area contributed by atoms with Crippen molar-refractivity contribution in [2.45, 2.75) is 20.3 Å². The highest BCUT2D eigenvalue weighted by Gasteiger charge is 2.16. The number of fused-ring (bicyclic) bond motifs is 1. The Kier molecular flexibility index (Phi) is 4.97. The lowest BCUT2D eigenvalue weighted by molar-refractivity contribution is 0.0959. The number of aryl methyl sites for hydroxylation is 1. The van der Waals surface area contributed by atoms with E-state index in [0.29, 0.717) is 9.90 Å². The Bertz CT molecular complexity index is 913. The predicted molar refractivity (Wildman–Crippen MR) is 102 cm³/mol. The van der Waals surface area contributed by atoms with E-state index in [9.17, 15) is 4.79 Å². The van der Waals surface area contributed by atoms with Gasteiger partial charge in [-0.2, -0.15) is 5.10 Å². The number of benzene rings is 2. The number of hydrazone groups is 1. The average Bonchev–Trinajstić information content (AvgIpc) is 2.96. The summed E-state index contributed by atoms with van der Waals surface area (Å²) in [5, 5.41) is 5.58. The molecule has 0 bridgehead atoms. The molecule has 0 aliphatic carbocycles. The van der Waals surface area contributed by atoms with Crippen molar-refractivity contribution < 1.29 is 4.79 Å². The second kappa shape index (κ2) is 7.16. The van der Waals surface area contributed by atoms with Crippen LogP contribution in [0.5, 0.6) is 0 Å². The van der Waals surface area contributed by atoms with E-state index in [1.807, 2.05) is 43.3 Å². The Balaban J connectivity index is 1.79. The summed E-state index contributed by atoms with van der Waals surface area (Å²) in [5.74, 6) is -0.286. The van der Waals surface area contributed by atoms with Crippen molar-refractivity contribution in [3.8, 4) is 0 Å². The van der Waals surface area contributed by atoms with Crippen molar-refractivity contribution in [3.05, 3.63) is 69.6 Å². The van der Waals surface area contributed by atoms with Gasteiger partial charge in [0.15, 0.2) is 0 Å². The van der Waals surface area contributed by atoms with Crippen LogP contribution >= 0.6 is 22.9 Å². The molecule has 1 heterocycles. The largest absolute Gasteiger partial charge is 0.283 e. The highest BCUT2D eigenvalue weighted by atomic mass is 35.5. The van der Waals surface area contributed by atoms with E-state index >= 15 is 0 Å². The van der Waals surface area contributed by atoms with Crippen molar-refractivity contribution in [1.29, 1.82) is 0 Å². The summed E-state index contributed by atoms with van der Waals surface area (Å²) in [6.45, 7) is 3.98. The number of hydrogen-bond donors (Lipinski definition) is 1.